The number of sulfonamides is 1. The Morgan fingerprint density at radius 1 is 1.19 bits per heavy atom. The summed E-state index contributed by atoms with van der Waals surface area (Å²) in [7, 11) is -3.69. The van der Waals surface area contributed by atoms with Gasteiger partial charge in [-0.2, -0.15) is 0 Å². The molecule has 9 heteroatoms. The van der Waals surface area contributed by atoms with E-state index in [-0.39, 0.29) is 23.8 Å². The highest BCUT2D eigenvalue weighted by Crippen LogP contribution is 2.07. The van der Waals surface area contributed by atoms with E-state index in [9.17, 15) is 13.2 Å². The Kier molecular flexibility index (Phi) is 7.03. The van der Waals surface area contributed by atoms with Gasteiger partial charge in [-0.3, -0.25) is 4.79 Å². The van der Waals surface area contributed by atoms with E-state index < -0.39 is 10.0 Å². The van der Waals surface area contributed by atoms with Crippen LogP contribution in [0.5, 0.6) is 0 Å². The number of anilines is 1. The smallest absolute Gasteiger partial charge is 0.243 e. The Morgan fingerprint density at radius 3 is 2.43 bits per heavy atom. The van der Waals surface area contributed by atoms with Crippen molar-refractivity contribution in [3.05, 3.63) is 12.4 Å². The fourth-order valence-corrected chi connectivity index (χ4v) is 2.36. The van der Waals surface area contributed by atoms with Crippen molar-refractivity contribution in [2.24, 2.45) is 0 Å². The van der Waals surface area contributed by atoms with E-state index >= 15 is 0 Å². The van der Waals surface area contributed by atoms with Crippen molar-refractivity contribution >= 4 is 21.9 Å². The molecule has 1 heterocycles. The van der Waals surface area contributed by atoms with Crippen LogP contribution >= 0.6 is 0 Å². The summed E-state index contributed by atoms with van der Waals surface area (Å²) >= 11 is 0. The molecule has 0 saturated carbocycles. The van der Waals surface area contributed by atoms with E-state index in [4.69, 9.17) is 0 Å². The predicted molar refractivity (Wildman–Crippen MR) is 79.3 cm³/mol. The SMILES string of the molecule is CCCNC(=O)CCNS(=O)(=O)c1cnc(NCC)nc1. The van der Waals surface area contributed by atoms with Crippen molar-refractivity contribution in [3.8, 4) is 0 Å². The Labute approximate surface area is 124 Å². The van der Waals surface area contributed by atoms with Crippen LogP contribution in [0, 0.1) is 0 Å². The molecule has 1 aromatic heterocycles. The monoisotopic (exact) mass is 315 g/mol. The molecule has 118 valence electrons. The zero-order valence-corrected chi connectivity index (χ0v) is 13.0. The summed E-state index contributed by atoms with van der Waals surface area (Å²) in [5, 5.41) is 5.55. The molecule has 1 aromatic rings. The van der Waals surface area contributed by atoms with Crippen LogP contribution in [-0.4, -0.2) is 43.9 Å². The Bertz CT molecular complexity index is 545. The van der Waals surface area contributed by atoms with E-state index in [1.165, 1.54) is 12.4 Å². The summed E-state index contributed by atoms with van der Waals surface area (Å²) in [4.78, 5) is 19.1. The van der Waals surface area contributed by atoms with Gasteiger partial charge in [-0.15, -0.1) is 0 Å². The Morgan fingerprint density at radius 2 is 1.86 bits per heavy atom. The van der Waals surface area contributed by atoms with Gasteiger partial charge in [0.1, 0.15) is 4.90 Å². The van der Waals surface area contributed by atoms with Crippen LogP contribution in [0.15, 0.2) is 17.3 Å². The molecule has 0 aromatic carbocycles. The summed E-state index contributed by atoms with van der Waals surface area (Å²) < 4.78 is 26.3. The second kappa shape index (κ2) is 8.53. The normalized spacial score (nSPS) is 11.1. The van der Waals surface area contributed by atoms with Gasteiger partial charge in [0.05, 0.1) is 12.4 Å². The fraction of sp³-hybridized carbons (Fsp3) is 0.583. The average molecular weight is 315 g/mol. The molecule has 0 radical (unpaired) electrons. The average Bonchev–Trinajstić information content (AvgIpc) is 2.46. The Hall–Kier alpha value is -1.74. The molecular formula is C12H21N5O3S. The number of rotatable bonds is 9. The lowest BCUT2D eigenvalue weighted by Crippen LogP contribution is -2.31. The number of amides is 1. The van der Waals surface area contributed by atoms with Gasteiger partial charge in [0.25, 0.3) is 0 Å². The topological polar surface area (TPSA) is 113 Å². The highest BCUT2D eigenvalue weighted by atomic mass is 32.2. The van der Waals surface area contributed by atoms with Gasteiger partial charge >= 0.3 is 0 Å². The largest absolute Gasteiger partial charge is 0.356 e. The third kappa shape index (κ3) is 6.05. The molecule has 0 aliphatic heterocycles. The first-order chi connectivity index (χ1) is 9.99. The molecule has 0 bridgehead atoms. The molecule has 0 unspecified atom stereocenters. The van der Waals surface area contributed by atoms with Crippen LogP contribution in [0.25, 0.3) is 0 Å². The number of nitrogens with zero attached hydrogens (tertiary/aromatic N) is 2. The van der Waals surface area contributed by atoms with E-state index in [2.05, 4.69) is 25.3 Å². The number of hydrogen-bond acceptors (Lipinski definition) is 6. The molecule has 21 heavy (non-hydrogen) atoms. The van der Waals surface area contributed by atoms with Gasteiger partial charge < -0.3 is 10.6 Å². The van der Waals surface area contributed by atoms with Crippen LogP contribution in [0.1, 0.15) is 26.7 Å². The van der Waals surface area contributed by atoms with Crippen molar-refractivity contribution in [1.29, 1.82) is 0 Å². The maximum absolute atomic E-state index is 12.0. The molecule has 0 atom stereocenters. The summed E-state index contributed by atoms with van der Waals surface area (Å²) in [6, 6.07) is 0. The second-order valence-electron chi connectivity index (χ2n) is 4.27. The highest BCUT2D eigenvalue weighted by molar-refractivity contribution is 7.89. The van der Waals surface area contributed by atoms with Crippen LogP contribution in [0.4, 0.5) is 5.95 Å². The van der Waals surface area contributed by atoms with E-state index in [1.54, 1.807) is 0 Å². The molecule has 1 amide bonds. The van der Waals surface area contributed by atoms with E-state index in [1.807, 2.05) is 13.8 Å². The van der Waals surface area contributed by atoms with Crippen molar-refractivity contribution in [1.82, 2.24) is 20.0 Å². The molecular weight excluding hydrogens is 294 g/mol. The van der Waals surface area contributed by atoms with Gasteiger partial charge in [0.2, 0.25) is 21.9 Å². The standard InChI is InChI=1S/C12H21N5O3S/c1-3-6-14-11(18)5-7-17-21(19,20)10-8-15-12(13-4-2)16-9-10/h8-9,17H,3-7H2,1-2H3,(H,14,18)(H,13,15,16). The Balaban J connectivity index is 2.51. The minimum Gasteiger partial charge on any atom is -0.356 e. The first-order valence-electron chi connectivity index (χ1n) is 6.82. The molecule has 3 N–H and O–H groups in total. The van der Waals surface area contributed by atoms with Crippen molar-refractivity contribution in [3.63, 3.8) is 0 Å². The number of aromatic nitrogens is 2. The van der Waals surface area contributed by atoms with Gasteiger partial charge in [0, 0.05) is 26.1 Å². The second-order valence-corrected chi connectivity index (χ2v) is 6.04. The van der Waals surface area contributed by atoms with E-state index in [0.717, 1.165) is 6.42 Å². The number of carbonyl (C=O) groups is 1. The summed E-state index contributed by atoms with van der Waals surface area (Å²) in [6.07, 6.45) is 3.39. The molecule has 0 spiro atoms. The lowest BCUT2D eigenvalue weighted by molar-refractivity contribution is -0.120. The van der Waals surface area contributed by atoms with Crippen LogP contribution < -0.4 is 15.4 Å². The van der Waals surface area contributed by atoms with Crippen molar-refractivity contribution in [2.45, 2.75) is 31.6 Å². The number of nitrogens with one attached hydrogen (secondary N) is 3. The molecule has 0 aliphatic carbocycles. The molecule has 0 fully saturated rings. The van der Waals surface area contributed by atoms with Gasteiger partial charge in [-0.25, -0.2) is 23.1 Å². The molecule has 0 aliphatic rings. The van der Waals surface area contributed by atoms with Crippen molar-refractivity contribution in [2.75, 3.05) is 25.0 Å². The third-order valence-electron chi connectivity index (χ3n) is 2.49. The fourth-order valence-electron chi connectivity index (χ4n) is 1.44. The van der Waals surface area contributed by atoms with Crippen LogP contribution in [0.2, 0.25) is 0 Å². The predicted octanol–water partition coefficient (Wildman–Crippen LogP) is 0.103. The minimum absolute atomic E-state index is 0.0295. The first-order valence-corrected chi connectivity index (χ1v) is 8.30. The summed E-state index contributed by atoms with van der Waals surface area (Å²) in [6.45, 7) is 5.11. The van der Waals surface area contributed by atoms with Crippen molar-refractivity contribution < 1.29 is 13.2 Å². The highest BCUT2D eigenvalue weighted by Gasteiger charge is 2.15. The quantitative estimate of drug-likeness (QED) is 0.596. The lowest BCUT2D eigenvalue weighted by atomic mass is 10.4. The van der Waals surface area contributed by atoms with Gasteiger partial charge in [-0.05, 0) is 13.3 Å². The third-order valence-corrected chi connectivity index (χ3v) is 3.91. The molecule has 0 saturated heterocycles. The van der Waals surface area contributed by atoms with E-state index in [0.29, 0.717) is 19.0 Å². The van der Waals surface area contributed by atoms with Crippen LogP contribution in [-0.2, 0) is 14.8 Å². The molecule has 1 rings (SSSR count). The maximum atomic E-state index is 12.0. The maximum Gasteiger partial charge on any atom is 0.243 e. The number of carbonyl (C=O) groups excluding carboxylic acids is 1. The summed E-state index contributed by atoms with van der Waals surface area (Å²) in [5.74, 6) is 0.189. The number of hydrogen-bond donors (Lipinski definition) is 3. The van der Waals surface area contributed by atoms with Gasteiger partial charge in [-0.1, -0.05) is 6.92 Å². The zero-order chi connectivity index (χ0) is 15.7. The molecule has 8 nitrogen and oxygen atoms in total. The minimum atomic E-state index is -3.69. The first kappa shape index (κ1) is 17.3. The summed E-state index contributed by atoms with van der Waals surface area (Å²) in [5.41, 5.74) is 0. The van der Waals surface area contributed by atoms with Gasteiger partial charge in [0.15, 0.2) is 0 Å². The lowest BCUT2D eigenvalue weighted by Gasteiger charge is -2.07. The zero-order valence-electron chi connectivity index (χ0n) is 12.2. The van der Waals surface area contributed by atoms with Crippen LogP contribution in [0.3, 0.4) is 0 Å².